The summed E-state index contributed by atoms with van der Waals surface area (Å²) in [6, 6.07) is 17.7. The first-order valence-corrected chi connectivity index (χ1v) is 11.3. The summed E-state index contributed by atoms with van der Waals surface area (Å²) in [6.07, 6.45) is 0. The van der Waals surface area contributed by atoms with Crippen molar-refractivity contribution in [2.75, 3.05) is 44.3 Å². The van der Waals surface area contributed by atoms with Crippen molar-refractivity contribution >= 4 is 11.7 Å². The minimum atomic E-state index is 0.00445. The van der Waals surface area contributed by atoms with Crippen molar-refractivity contribution in [1.29, 1.82) is 0 Å². The average molecular weight is 447 g/mol. The molecule has 2 heterocycles. The molecular formula is C26H30N4O3. The fraction of sp³-hybridized carbons (Fsp3) is 0.346. The molecule has 0 N–H and O–H groups in total. The Kier molecular flexibility index (Phi) is 7.07. The highest BCUT2D eigenvalue weighted by atomic mass is 16.5. The van der Waals surface area contributed by atoms with Crippen LogP contribution in [0, 0.1) is 13.8 Å². The molecule has 0 saturated carbocycles. The minimum Gasteiger partial charge on any atom is -0.494 e. The zero-order valence-electron chi connectivity index (χ0n) is 19.5. The second-order valence-corrected chi connectivity index (χ2v) is 8.14. The predicted molar refractivity (Wildman–Crippen MR) is 129 cm³/mol. The van der Waals surface area contributed by atoms with E-state index in [9.17, 15) is 4.79 Å². The number of carbonyl (C=O) groups is 1. The van der Waals surface area contributed by atoms with Crippen LogP contribution in [0.1, 0.15) is 18.1 Å². The lowest BCUT2D eigenvalue weighted by molar-refractivity contribution is -0.133. The van der Waals surface area contributed by atoms with Crippen LogP contribution in [0.3, 0.4) is 0 Å². The fourth-order valence-electron chi connectivity index (χ4n) is 3.76. The molecule has 1 aromatic heterocycles. The molecular weight excluding hydrogens is 416 g/mol. The van der Waals surface area contributed by atoms with E-state index in [0.29, 0.717) is 32.8 Å². The number of hydrogen-bond acceptors (Lipinski definition) is 6. The average Bonchev–Trinajstić information content (AvgIpc) is 2.85. The quantitative estimate of drug-likeness (QED) is 0.549. The molecule has 1 fully saturated rings. The zero-order valence-corrected chi connectivity index (χ0v) is 19.5. The number of aromatic nitrogens is 2. The van der Waals surface area contributed by atoms with Gasteiger partial charge in [0.2, 0.25) is 0 Å². The maximum Gasteiger partial charge on any atom is 0.260 e. The van der Waals surface area contributed by atoms with Gasteiger partial charge in [-0.2, -0.15) is 0 Å². The molecule has 4 rings (SSSR count). The number of benzene rings is 2. The van der Waals surface area contributed by atoms with E-state index in [2.05, 4.69) is 22.0 Å². The van der Waals surface area contributed by atoms with Crippen LogP contribution in [0.4, 0.5) is 5.82 Å². The van der Waals surface area contributed by atoms with Crippen LogP contribution in [0.25, 0.3) is 11.3 Å². The molecule has 1 aliphatic heterocycles. The largest absolute Gasteiger partial charge is 0.494 e. The third-order valence-electron chi connectivity index (χ3n) is 5.91. The van der Waals surface area contributed by atoms with Gasteiger partial charge in [-0.1, -0.05) is 6.07 Å². The van der Waals surface area contributed by atoms with Gasteiger partial charge in [0.15, 0.2) is 12.4 Å². The lowest BCUT2D eigenvalue weighted by atomic mass is 10.1. The number of hydrogen-bond donors (Lipinski definition) is 0. The Balaban J connectivity index is 1.28. The SMILES string of the molecule is CCOc1ccc(-c2ccc(N3CCN(C(=O)COc4ccc(C)c(C)c4)CC3)nn2)cc1. The van der Waals surface area contributed by atoms with Crippen LogP contribution in [0.15, 0.2) is 54.6 Å². The van der Waals surface area contributed by atoms with Crippen LogP contribution in [-0.2, 0) is 4.79 Å². The Morgan fingerprint density at radius 2 is 1.58 bits per heavy atom. The molecule has 7 nitrogen and oxygen atoms in total. The van der Waals surface area contributed by atoms with Gasteiger partial charge in [0, 0.05) is 31.7 Å². The summed E-state index contributed by atoms with van der Waals surface area (Å²) in [5.74, 6) is 2.40. The molecule has 7 heteroatoms. The van der Waals surface area contributed by atoms with E-state index in [1.54, 1.807) is 0 Å². The third-order valence-corrected chi connectivity index (χ3v) is 5.91. The lowest BCUT2D eigenvalue weighted by Crippen LogP contribution is -2.50. The molecule has 1 amide bonds. The molecule has 172 valence electrons. The van der Waals surface area contributed by atoms with E-state index < -0.39 is 0 Å². The summed E-state index contributed by atoms with van der Waals surface area (Å²) in [7, 11) is 0. The Bertz CT molecular complexity index is 1080. The molecule has 3 aromatic rings. The summed E-state index contributed by atoms with van der Waals surface area (Å²) in [6.45, 7) is 9.46. The van der Waals surface area contributed by atoms with Crippen molar-refractivity contribution in [2.45, 2.75) is 20.8 Å². The van der Waals surface area contributed by atoms with Gasteiger partial charge in [0.25, 0.3) is 5.91 Å². The molecule has 1 saturated heterocycles. The van der Waals surface area contributed by atoms with Crippen LogP contribution >= 0.6 is 0 Å². The van der Waals surface area contributed by atoms with E-state index in [1.165, 1.54) is 5.56 Å². The summed E-state index contributed by atoms with van der Waals surface area (Å²) in [4.78, 5) is 16.6. The van der Waals surface area contributed by atoms with Crippen molar-refractivity contribution in [3.05, 3.63) is 65.7 Å². The number of anilines is 1. The van der Waals surface area contributed by atoms with Gasteiger partial charge in [-0.15, -0.1) is 10.2 Å². The summed E-state index contributed by atoms with van der Waals surface area (Å²) >= 11 is 0. The maximum atomic E-state index is 12.6. The number of carbonyl (C=O) groups excluding carboxylic acids is 1. The maximum absolute atomic E-state index is 12.6. The molecule has 33 heavy (non-hydrogen) atoms. The van der Waals surface area contributed by atoms with Crippen molar-refractivity contribution in [1.82, 2.24) is 15.1 Å². The highest BCUT2D eigenvalue weighted by Crippen LogP contribution is 2.22. The first kappa shape index (κ1) is 22.6. The van der Waals surface area contributed by atoms with Crippen molar-refractivity contribution < 1.29 is 14.3 Å². The smallest absolute Gasteiger partial charge is 0.260 e. The number of piperazine rings is 1. The van der Waals surface area contributed by atoms with Crippen LogP contribution in [0.2, 0.25) is 0 Å². The Hall–Kier alpha value is -3.61. The van der Waals surface area contributed by atoms with Crippen molar-refractivity contribution in [3.63, 3.8) is 0 Å². The van der Waals surface area contributed by atoms with Crippen molar-refractivity contribution in [3.8, 4) is 22.8 Å². The van der Waals surface area contributed by atoms with Crippen LogP contribution in [0.5, 0.6) is 11.5 Å². The van der Waals surface area contributed by atoms with Crippen LogP contribution in [-0.4, -0.2) is 60.4 Å². The molecule has 0 bridgehead atoms. The van der Waals surface area contributed by atoms with Gasteiger partial charge in [-0.25, -0.2) is 0 Å². The summed E-state index contributed by atoms with van der Waals surface area (Å²) in [5, 5.41) is 8.81. The van der Waals surface area contributed by atoms with Gasteiger partial charge in [0.1, 0.15) is 11.5 Å². The first-order chi connectivity index (χ1) is 16.0. The molecule has 1 aliphatic rings. The fourth-order valence-corrected chi connectivity index (χ4v) is 3.76. The highest BCUT2D eigenvalue weighted by Gasteiger charge is 2.22. The second kappa shape index (κ2) is 10.3. The second-order valence-electron chi connectivity index (χ2n) is 8.14. The number of amides is 1. The monoisotopic (exact) mass is 446 g/mol. The molecule has 0 atom stereocenters. The van der Waals surface area contributed by atoms with Gasteiger partial charge in [-0.05, 0) is 80.4 Å². The van der Waals surface area contributed by atoms with E-state index in [0.717, 1.165) is 34.1 Å². The Morgan fingerprint density at radius 1 is 0.848 bits per heavy atom. The van der Waals surface area contributed by atoms with Gasteiger partial charge >= 0.3 is 0 Å². The van der Waals surface area contributed by atoms with E-state index in [-0.39, 0.29) is 12.5 Å². The Labute approximate surface area is 195 Å². The topological polar surface area (TPSA) is 67.8 Å². The van der Waals surface area contributed by atoms with E-state index in [1.807, 2.05) is 73.3 Å². The molecule has 0 radical (unpaired) electrons. The molecule has 2 aromatic carbocycles. The van der Waals surface area contributed by atoms with E-state index in [4.69, 9.17) is 9.47 Å². The number of rotatable bonds is 7. The van der Waals surface area contributed by atoms with Gasteiger partial charge < -0.3 is 19.3 Å². The summed E-state index contributed by atoms with van der Waals surface area (Å²) < 4.78 is 11.2. The highest BCUT2D eigenvalue weighted by molar-refractivity contribution is 5.78. The predicted octanol–water partition coefficient (Wildman–Crippen LogP) is 3.89. The molecule has 0 unspecified atom stereocenters. The zero-order chi connectivity index (χ0) is 23.2. The normalized spacial score (nSPS) is 13.7. The number of nitrogens with zero attached hydrogens (tertiary/aromatic N) is 4. The lowest BCUT2D eigenvalue weighted by Gasteiger charge is -2.35. The van der Waals surface area contributed by atoms with Crippen molar-refractivity contribution in [2.24, 2.45) is 0 Å². The minimum absolute atomic E-state index is 0.00445. The van der Waals surface area contributed by atoms with E-state index >= 15 is 0 Å². The molecule has 0 spiro atoms. The standard InChI is InChI=1S/C26H30N4O3/c1-4-32-22-9-6-21(7-10-22)24-11-12-25(28-27-24)29-13-15-30(16-14-29)26(31)18-33-23-8-5-19(2)20(3)17-23/h5-12,17H,4,13-16,18H2,1-3H3. The van der Waals surface area contributed by atoms with Gasteiger partial charge in [0.05, 0.1) is 12.3 Å². The van der Waals surface area contributed by atoms with Gasteiger partial charge in [-0.3, -0.25) is 4.79 Å². The number of ether oxygens (including phenoxy) is 2. The third kappa shape index (κ3) is 5.61. The Morgan fingerprint density at radius 3 is 2.21 bits per heavy atom. The van der Waals surface area contributed by atoms with Crippen LogP contribution < -0.4 is 14.4 Å². The number of aryl methyl sites for hydroxylation is 2. The molecule has 0 aliphatic carbocycles. The summed E-state index contributed by atoms with van der Waals surface area (Å²) in [5.41, 5.74) is 4.18. The first-order valence-electron chi connectivity index (χ1n) is 11.3.